The molecule has 0 radical (unpaired) electrons. The van der Waals surface area contributed by atoms with E-state index >= 15 is 0 Å². The Labute approximate surface area is 197 Å². The Kier molecular flexibility index (Phi) is 5.31. The fraction of sp³-hybridized carbons (Fsp3) is 0.517. The standard InChI is InChI=1S/C29H36O4/c1-26(2,3)18-9-13-20(14-10-18)28(21-15-11-19(12-16-21)27(4,5)6)17-29(28)22(24(30)32-7)23(29)25(31)33-8/h9-16,22-23H,17H2,1-8H3. The molecule has 2 aliphatic carbocycles. The molecule has 4 nitrogen and oxygen atoms in total. The maximum Gasteiger partial charge on any atom is 0.310 e. The van der Waals surface area contributed by atoms with Gasteiger partial charge in [0.15, 0.2) is 0 Å². The van der Waals surface area contributed by atoms with Crippen LogP contribution < -0.4 is 0 Å². The van der Waals surface area contributed by atoms with Gasteiger partial charge >= 0.3 is 11.9 Å². The molecule has 33 heavy (non-hydrogen) atoms. The Morgan fingerprint density at radius 1 is 0.697 bits per heavy atom. The molecule has 176 valence electrons. The first kappa shape index (κ1) is 23.5. The Hall–Kier alpha value is -2.62. The Bertz CT molecular complexity index is 985. The molecule has 2 aromatic carbocycles. The largest absolute Gasteiger partial charge is 0.469 e. The van der Waals surface area contributed by atoms with E-state index < -0.39 is 22.7 Å². The lowest BCUT2D eigenvalue weighted by atomic mass is 9.79. The normalized spacial score (nSPS) is 25.5. The number of rotatable bonds is 4. The van der Waals surface area contributed by atoms with E-state index in [1.165, 1.54) is 25.3 Å². The highest BCUT2D eigenvalue weighted by Gasteiger charge is 2.91. The van der Waals surface area contributed by atoms with Gasteiger partial charge in [0.2, 0.25) is 0 Å². The SMILES string of the molecule is COC(=O)C1C(C(=O)OC)C12CC2(c1ccc(C(C)(C)C)cc1)c1ccc(C(C)(C)C)cc1. The van der Waals surface area contributed by atoms with E-state index in [0.29, 0.717) is 0 Å². The summed E-state index contributed by atoms with van der Waals surface area (Å²) in [4.78, 5) is 25.5. The Balaban J connectivity index is 1.85. The maximum absolute atomic E-state index is 12.8. The van der Waals surface area contributed by atoms with Crippen molar-refractivity contribution < 1.29 is 19.1 Å². The highest BCUT2D eigenvalue weighted by atomic mass is 16.5. The second-order valence-electron chi connectivity index (χ2n) is 11.8. The molecular formula is C29H36O4. The van der Waals surface area contributed by atoms with Crippen molar-refractivity contribution in [2.24, 2.45) is 17.3 Å². The molecule has 2 aromatic rings. The predicted molar refractivity (Wildman–Crippen MR) is 129 cm³/mol. The van der Waals surface area contributed by atoms with Gasteiger partial charge in [-0.3, -0.25) is 9.59 Å². The van der Waals surface area contributed by atoms with E-state index in [0.717, 1.165) is 17.5 Å². The molecule has 2 fully saturated rings. The summed E-state index contributed by atoms with van der Waals surface area (Å²) in [7, 11) is 2.78. The summed E-state index contributed by atoms with van der Waals surface area (Å²) in [5.74, 6) is -1.63. The van der Waals surface area contributed by atoms with Gasteiger partial charge in [0.05, 0.1) is 26.1 Å². The number of carbonyl (C=O) groups is 2. The lowest BCUT2D eigenvalue weighted by Gasteiger charge is -2.25. The zero-order valence-electron chi connectivity index (χ0n) is 21.1. The van der Waals surface area contributed by atoms with Crippen molar-refractivity contribution >= 4 is 11.9 Å². The van der Waals surface area contributed by atoms with Crippen molar-refractivity contribution in [3.63, 3.8) is 0 Å². The molecule has 2 saturated carbocycles. The van der Waals surface area contributed by atoms with E-state index in [1.54, 1.807) is 0 Å². The Morgan fingerprint density at radius 2 is 1.03 bits per heavy atom. The third-order valence-corrected chi connectivity index (χ3v) is 7.96. The zero-order valence-corrected chi connectivity index (χ0v) is 21.1. The van der Waals surface area contributed by atoms with Gasteiger partial charge in [-0.1, -0.05) is 90.1 Å². The average Bonchev–Trinajstić information content (AvgIpc) is 3.65. The summed E-state index contributed by atoms with van der Waals surface area (Å²) in [6, 6.07) is 17.4. The number of ether oxygens (including phenoxy) is 2. The fourth-order valence-corrected chi connectivity index (χ4v) is 5.95. The van der Waals surface area contributed by atoms with Crippen LogP contribution in [0.2, 0.25) is 0 Å². The third-order valence-electron chi connectivity index (χ3n) is 7.96. The van der Waals surface area contributed by atoms with E-state index in [1.807, 2.05) is 0 Å². The summed E-state index contributed by atoms with van der Waals surface area (Å²) in [6.45, 7) is 13.2. The van der Waals surface area contributed by atoms with Crippen molar-refractivity contribution in [3.8, 4) is 0 Å². The third kappa shape index (κ3) is 3.41. The van der Waals surface area contributed by atoms with E-state index in [-0.39, 0.29) is 22.8 Å². The monoisotopic (exact) mass is 448 g/mol. The van der Waals surface area contributed by atoms with Gasteiger partial charge in [-0.15, -0.1) is 0 Å². The van der Waals surface area contributed by atoms with Gasteiger partial charge in [0.1, 0.15) is 0 Å². The lowest BCUT2D eigenvalue weighted by molar-refractivity contribution is -0.148. The number of esters is 2. The molecule has 2 unspecified atom stereocenters. The molecule has 2 aliphatic rings. The van der Waals surface area contributed by atoms with E-state index in [9.17, 15) is 9.59 Å². The summed E-state index contributed by atoms with van der Waals surface area (Å²) in [5.41, 5.74) is 3.96. The molecule has 0 aromatic heterocycles. The summed E-state index contributed by atoms with van der Waals surface area (Å²) < 4.78 is 10.2. The van der Waals surface area contributed by atoms with Crippen LogP contribution in [0.5, 0.6) is 0 Å². The molecule has 4 heteroatoms. The van der Waals surface area contributed by atoms with Gasteiger partial charge in [0.25, 0.3) is 0 Å². The van der Waals surface area contributed by atoms with Gasteiger partial charge in [-0.25, -0.2) is 0 Å². The van der Waals surface area contributed by atoms with Gasteiger partial charge in [-0.2, -0.15) is 0 Å². The minimum absolute atomic E-state index is 0.0456. The van der Waals surface area contributed by atoms with Crippen molar-refractivity contribution in [2.45, 2.75) is 64.2 Å². The van der Waals surface area contributed by atoms with Gasteiger partial charge in [0, 0.05) is 10.8 Å². The van der Waals surface area contributed by atoms with E-state index in [2.05, 4.69) is 90.1 Å². The quantitative estimate of drug-likeness (QED) is 0.576. The number of benzene rings is 2. The molecule has 0 saturated heterocycles. The zero-order chi connectivity index (χ0) is 24.4. The highest BCUT2D eigenvalue weighted by Crippen LogP contribution is 2.87. The fourth-order valence-electron chi connectivity index (χ4n) is 5.95. The summed E-state index contributed by atoms with van der Waals surface area (Å²) in [6.07, 6.45) is 0.725. The van der Waals surface area contributed by atoms with Crippen molar-refractivity contribution in [1.82, 2.24) is 0 Å². The van der Waals surface area contributed by atoms with Crippen LogP contribution in [0.1, 0.15) is 70.2 Å². The minimum Gasteiger partial charge on any atom is -0.469 e. The van der Waals surface area contributed by atoms with Crippen LogP contribution in [0.25, 0.3) is 0 Å². The molecule has 0 amide bonds. The highest BCUT2D eigenvalue weighted by molar-refractivity contribution is 5.93. The van der Waals surface area contributed by atoms with Crippen LogP contribution in [0.3, 0.4) is 0 Å². The first-order valence-electron chi connectivity index (χ1n) is 11.7. The average molecular weight is 449 g/mol. The van der Waals surface area contributed by atoms with E-state index in [4.69, 9.17) is 9.47 Å². The van der Waals surface area contributed by atoms with Crippen LogP contribution in [0.15, 0.2) is 48.5 Å². The number of hydrogen-bond donors (Lipinski definition) is 0. The number of methoxy groups -OCH3 is 2. The second-order valence-corrected chi connectivity index (χ2v) is 11.8. The number of carbonyl (C=O) groups excluding carboxylic acids is 2. The van der Waals surface area contributed by atoms with Gasteiger partial charge in [-0.05, 0) is 39.5 Å². The van der Waals surface area contributed by atoms with Crippen molar-refractivity contribution in [1.29, 1.82) is 0 Å². The lowest BCUT2D eigenvalue weighted by Crippen LogP contribution is -2.19. The number of hydrogen-bond acceptors (Lipinski definition) is 4. The first-order valence-corrected chi connectivity index (χ1v) is 11.7. The predicted octanol–water partition coefficient (Wildman–Crippen LogP) is 5.55. The van der Waals surface area contributed by atoms with Crippen LogP contribution in [-0.2, 0) is 35.3 Å². The minimum atomic E-state index is -0.500. The van der Waals surface area contributed by atoms with Crippen LogP contribution in [0, 0.1) is 17.3 Å². The molecule has 1 spiro atoms. The summed E-state index contributed by atoms with van der Waals surface area (Å²) >= 11 is 0. The van der Waals surface area contributed by atoms with Crippen LogP contribution in [0.4, 0.5) is 0 Å². The molecule has 0 heterocycles. The molecule has 0 bridgehead atoms. The second kappa shape index (κ2) is 7.44. The maximum atomic E-state index is 12.8. The molecular weight excluding hydrogens is 412 g/mol. The Morgan fingerprint density at radius 3 is 1.30 bits per heavy atom. The van der Waals surface area contributed by atoms with Crippen molar-refractivity contribution in [3.05, 3.63) is 70.8 Å². The van der Waals surface area contributed by atoms with Crippen LogP contribution >= 0.6 is 0 Å². The summed E-state index contributed by atoms with van der Waals surface area (Å²) in [5, 5.41) is 0. The van der Waals surface area contributed by atoms with Crippen molar-refractivity contribution in [2.75, 3.05) is 14.2 Å². The first-order chi connectivity index (χ1) is 15.3. The molecule has 2 atom stereocenters. The molecule has 0 aliphatic heterocycles. The molecule has 4 rings (SSSR count). The van der Waals surface area contributed by atoms with Crippen LogP contribution in [-0.4, -0.2) is 26.2 Å². The van der Waals surface area contributed by atoms with Gasteiger partial charge < -0.3 is 9.47 Å². The smallest absolute Gasteiger partial charge is 0.310 e. The topological polar surface area (TPSA) is 52.6 Å². The molecule has 0 N–H and O–H groups in total.